The molecule has 2 aliphatic rings. The molecule has 1 fully saturated rings. The fraction of sp³-hybridized carbons (Fsp3) is 0.538. The van der Waals surface area contributed by atoms with Crippen molar-refractivity contribution in [2.24, 2.45) is 0 Å². The Morgan fingerprint density at radius 2 is 2.00 bits per heavy atom. The normalized spacial score (nSPS) is 22.5. The lowest BCUT2D eigenvalue weighted by Crippen LogP contribution is -2.21. The number of aliphatic hydroxyl groups is 1. The second kappa shape index (κ2) is 3.24. The highest BCUT2D eigenvalue weighted by Crippen LogP contribution is 2.44. The molecule has 2 nitrogen and oxygen atoms in total. The van der Waals surface area contributed by atoms with Gasteiger partial charge in [-0.05, 0) is 18.4 Å². The van der Waals surface area contributed by atoms with Gasteiger partial charge in [0, 0.05) is 12.0 Å². The Hall–Kier alpha value is -1.02. The number of rotatable bonds is 1. The van der Waals surface area contributed by atoms with E-state index in [9.17, 15) is 5.11 Å². The zero-order valence-electron chi connectivity index (χ0n) is 8.83. The molecule has 0 amide bonds. The van der Waals surface area contributed by atoms with Gasteiger partial charge in [-0.3, -0.25) is 0 Å². The van der Waals surface area contributed by atoms with E-state index in [1.165, 1.54) is 5.56 Å². The molecule has 0 saturated heterocycles. The second-order valence-corrected chi connectivity index (χ2v) is 4.63. The minimum Gasteiger partial charge on any atom is -0.493 e. The molecule has 0 bridgehead atoms. The van der Waals surface area contributed by atoms with Gasteiger partial charge in [0.2, 0.25) is 0 Å². The first-order valence-corrected chi connectivity index (χ1v) is 5.77. The molecular formula is C13H16O2. The van der Waals surface area contributed by atoms with E-state index in [0.29, 0.717) is 0 Å². The molecule has 1 N–H and O–H groups in total. The first kappa shape index (κ1) is 9.22. The Balaban J connectivity index is 2.08. The molecule has 0 atom stereocenters. The van der Waals surface area contributed by atoms with Crippen LogP contribution >= 0.6 is 0 Å². The van der Waals surface area contributed by atoms with Gasteiger partial charge in [-0.25, -0.2) is 0 Å². The third kappa shape index (κ3) is 1.36. The molecule has 1 aromatic rings. The van der Waals surface area contributed by atoms with E-state index in [0.717, 1.165) is 50.0 Å². The van der Waals surface area contributed by atoms with Crippen LogP contribution in [-0.4, -0.2) is 11.7 Å². The van der Waals surface area contributed by atoms with E-state index >= 15 is 0 Å². The predicted octanol–water partition coefficient (Wildman–Crippen LogP) is 2.38. The highest BCUT2D eigenvalue weighted by molar-refractivity contribution is 5.47. The van der Waals surface area contributed by atoms with Crippen molar-refractivity contribution in [2.75, 3.05) is 6.61 Å². The minimum atomic E-state index is -0.615. The van der Waals surface area contributed by atoms with Crippen LogP contribution in [0.4, 0.5) is 0 Å². The molecule has 0 unspecified atom stereocenters. The van der Waals surface area contributed by atoms with Crippen molar-refractivity contribution in [3.05, 3.63) is 29.3 Å². The first-order valence-electron chi connectivity index (χ1n) is 5.77. The minimum absolute atomic E-state index is 0.615. The van der Waals surface area contributed by atoms with Crippen LogP contribution in [-0.2, 0) is 12.0 Å². The molecule has 1 aliphatic carbocycles. The van der Waals surface area contributed by atoms with Gasteiger partial charge in [-0.1, -0.05) is 31.0 Å². The van der Waals surface area contributed by atoms with Crippen molar-refractivity contribution in [1.82, 2.24) is 0 Å². The van der Waals surface area contributed by atoms with E-state index in [1.54, 1.807) is 0 Å². The lowest BCUT2D eigenvalue weighted by molar-refractivity contribution is 0.0419. The van der Waals surface area contributed by atoms with Crippen LogP contribution in [0.2, 0.25) is 0 Å². The lowest BCUT2D eigenvalue weighted by Gasteiger charge is -2.24. The third-order valence-electron chi connectivity index (χ3n) is 3.65. The van der Waals surface area contributed by atoms with E-state index in [4.69, 9.17) is 4.74 Å². The lowest BCUT2D eigenvalue weighted by atomic mass is 9.90. The van der Waals surface area contributed by atoms with Crippen LogP contribution in [0.25, 0.3) is 0 Å². The summed E-state index contributed by atoms with van der Waals surface area (Å²) in [5.41, 5.74) is 1.66. The topological polar surface area (TPSA) is 29.5 Å². The van der Waals surface area contributed by atoms with Crippen LogP contribution in [0.1, 0.15) is 36.8 Å². The Bertz CT molecular complexity index is 378. The summed E-state index contributed by atoms with van der Waals surface area (Å²) in [6.07, 6.45) is 5.00. The molecule has 1 aromatic carbocycles. The average Bonchev–Trinajstić information content (AvgIpc) is 2.85. The monoisotopic (exact) mass is 204 g/mol. The first-order chi connectivity index (χ1) is 7.30. The van der Waals surface area contributed by atoms with Gasteiger partial charge in [0.05, 0.1) is 12.2 Å². The Morgan fingerprint density at radius 3 is 2.80 bits per heavy atom. The van der Waals surface area contributed by atoms with Crippen molar-refractivity contribution in [1.29, 1.82) is 0 Å². The van der Waals surface area contributed by atoms with Gasteiger partial charge in [-0.2, -0.15) is 0 Å². The van der Waals surface area contributed by atoms with Gasteiger partial charge in [0.25, 0.3) is 0 Å². The molecule has 0 aromatic heterocycles. The summed E-state index contributed by atoms with van der Waals surface area (Å²) in [5.74, 6) is 0.960. The Labute approximate surface area is 89.9 Å². The number of fused-ring (bicyclic) bond motifs is 1. The smallest absolute Gasteiger partial charge is 0.128 e. The maximum absolute atomic E-state index is 10.5. The molecule has 1 heterocycles. The Kier molecular flexibility index (Phi) is 1.99. The maximum atomic E-state index is 10.5. The molecule has 3 rings (SSSR count). The van der Waals surface area contributed by atoms with Crippen LogP contribution in [0.5, 0.6) is 5.75 Å². The van der Waals surface area contributed by atoms with Crippen molar-refractivity contribution in [3.8, 4) is 5.75 Å². The summed E-state index contributed by atoms with van der Waals surface area (Å²) in [6.45, 7) is 0.766. The summed E-state index contributed by atoms with van der Waals surface area (Å²) < 4.78 is 5.65. The summed E-state index contributed by atoms with van der Waals surface area (Å²) in [4.78, 5) is 0. The molecule has 0 radical (unpaired) electrons. The molecule has 2 heteroatoms. The van der Waals surface area contributed by atoms with E-state index in [1.807, 2.05) is 12.1 Å². The molecule has 15 heavy (non-hydrogen) atoms. The summed E-state index contributed by atoms with van der Waals surface area (Å²) in [6, 6.07) is 6.17. The summed E-state index contributed by atoms with van der Waals surface area (Å²) in [5, 5.41) is 10.5. The van der Waals surface area contributed by atoms with Gasteiger partial charge in [0.15, 0.2) is 0 Å². The highest BCUT2D eigenvalue weighted by atomic mass is 16.5. The molecule has 80 valence electrons. The van der Waals surface area contributed by atoms with Crippen molar-refractivity contribution in [2.45, 2.75) is 37.7 Å². The van der Waals surface area contributed by atoms with Crippen molar-refractivity contribution in [3.63, 3.8) is 0 Å². The molecule has 1 saturated carbocycles. The maximum Gasteiger partial charge on any atom is 0.128 e. The standard InChI is InChI=1S/C13H16O2/c14-13(7-1-2-8-13)11-5-3-4-10-6-9-15-12(10)11/h3-5,14H,1-2,6-9H2. The van der Waals surface area contributed by atoms with Gasteiger partial charge in [-0.15, -0.1) is 0 Å². The van der Waals surface area contributed by atoms with Crippen LogP contribution < -0.4 is 4.74 Å². The average molecular weight is 204 g/mol. The van der Waals surface area contributed by atoms with Gasteiger partial charge < -0.3 is 9.84 Å². The number of benzene rings is 1. The van der Waals surface area contributed by atoms with E-state index < -0.39 is 5.60 Å². The molecule has 0 spiro atoms. The molecule has 1 aliphatic heterocycles. The fourth-order valence-corrected chi connectivity index (χ4v) is 2.81. The predicted molar refractivity (Wildman–Crippen MR) is 58.0 cm³/mol. The van der Waals surface area contributed by atoms with Crippen LogP contribution in [0, 0.1) is 0 Å². The molecular weight excluding hydrogens is 188 g/mol. The van der Waals surface area contributed by atoms with E-state index in [2.05, 4.69) is 6.07 Å². The summed E-state index contributed by atoms with van der Waals surface area (Å²) >= 11 is 0. The zero-order valence-corrected chi connectivity index (χ0v) is 8.83. The zero-order chi connectivity index (χ0) is 10.3. The summed E-state index contributed by atoms with van der Waals surface area (Å²) in [7, 11) is 0. The van der Waals surface area contributed by atoms with Crippen LogP contribution in [0.15, 0.2) is 18.2 Å². The number of para-hydroxylation sites is 1. The third-order valence-corrected chi connectivity index (χ3v) is 3.65. The van der Waals surface area contributed by atoms with E-state index in [-0.39, 0.29) is 0 Å². The highest BCUT2D eigenvalue weighted by Gasteiger charge is 2.36. The van der Waals surface area contributed by atoms with Crippen molar-refractivity contribution >= 4 is 0 Å². The fourth-order valence-electron chi connectivity index (χ4n) is 2.81. The second-order valence-electron chi connectivity index (χ2n) is 4.63. The largest absolute Gasteiger partial charge is 0.493 e. The quantitative estimate of drug-likeness (QED) is 0.761. The number of ether oxygens (including phenoxy) is 1. The van der Waals surface area contributed by atoms with Crippen LogP contribution in [0.3, 0.4) is 0 Å². The number of hydrogen-bond acceptors (Lipinski definition) is 2. The van der Waals surface area contributed by atoms with Gasteiger partial charge in [0.1, 0.15) is 5.75 Å². The number of hydrogen-bond donors (Lipinski definition) is 1. The Morgan fingerprint density at radius 1 is 1.20 bits per heavy atom. The van der Waals surface area contributed by atoms with Crippen molar-refractivity contribution < 1.29 is 9.84 Å². The van der Waals surface area contributed by atoms with Gasteiger partial charge >= 0.3 is 0 Å². The SMILES string of the molecule is OC1(c2cccc3c2OCC3)CCCC1.